The van der Waals surface area contributed by atoms with Gasteiger partial charge in [-0.1, -0.05) is 6.07 Å². The van der Waals surface area contributed by atoms with E-state index in [1.807, 2.05) is 26.0 Å². The zero-order valence-electron chi connectivity index (χ0n) is 7.20. The summed E-state index contributed by atoms with van der Waals surface area (Å²) in [5.41, 5.74) is 2.58. The third-order valence-electron chi connectivity index (χ3n) is 1.69. The molecule has 3 nitrogen and oxygen atoms in total. The number of nitrogens with two attached hydrogens (primary N) is 1. The van der Waals surface area contributed by atoms with Crippen molar-refractivity contribution in [3.05, 3.63) is 28.8 Å². The normalized spacial score (nSPS) is 10.8. The first kappa shape index (κ1) is 8.59. The average Bonchev–Trinajstić information content (AvgIpc) is 2.00. The van der Waals surface area contributed by atoms with Crippen LogP contribution in [-0.4, -0.2) is 11.3 Å². The Bertz CT molecular complexity index is 319. The highest BCUT2D eigenvalue weighted by Crippen LogP contribution is 2.21. The van der Waals surface area contributed by atoms with Crippen LogP contribution in [0, 0.1) is 13.8 Å². The van der Waals surface area contributed by atoms with Crippen molar-refractivity contribution < 1.29 is 5.11 Å². The summed E-state index contributed by atoms with van der Waals surface area (Å²) in [6.07, 6.45) is 1.44. The van der Waals surface area contributed by atoms with Gasteiger partial charge in [-0.25, -0.2) is 0 Å². The number of benzene rings is 1. The van der Waals surface area contributed by atoms with Crippen LogP contribution in [0.2, 0.25) is 0 Å². The number of phenols is 1. The smallest absolute Gasteiger partial charge is 0.127 e. The summed E-state index contributed by atoms with van der Waals surface area (Å²) in [7, 11) is 0. The summed E-state index contributed by atoms with van der Waals surface area (Å²) in [5.74, 6) is 5.23. The Morgan fingerprint density at radius 1 is 1.42 bits per heavy atom. The molecule has 0 spiro atoms. The summed E-state index contributed by atoms with van der Waals surface area (Å²) >= 11 is 0. The maximum Gasteiger partial charge on any atom is 0.127 e. The summed E-state index contributed by atoms with van der Waals surface area (Å²) in [6.45, 7) is 3.80. The zero-order chi connectivity index (χ0) is 9.14. The van der Waals surface area contributed by atoms with Crippen LogP contribution in [-0.2, 0) is 0 Å². The van der Waals surface area contributed by atoms with Crippen LogP contribution in [0.5, 0.6) is 5.75 Å². The molecule has 3 N–H and O–H groups in total. The van der Waals surface area contributed by atoms with Crippen molar-refractivity contribution in [3.63, 3.8) is 0 Å². The van der Waals surface area contributed by atoms with E-state index in [1.165, 1.54) is 6.21 Å². The van der Waals surface area contributed by atoms with Gasteiger partial charge in [0.1, 0.15) is 5.75 Å². The highest BCUT2D eigenvalue weighted by Gasteiger charge is 2.02. The lowest BCUT2D eigenvalue weighted by Gasteiger charge is -2.03. The van der Waals surface area contributed by atoms with E-state index in [-0.39, 0.29) is 5.75 Å². The molecule has 1 aromatic carbocycles. The second-order valence-electron chi connectivity index (χ2n) is 2.80. The van der Waals surface area contributed by atoms with E-state index in [1.54, 1.807) is 0 Å². The number of hydrogen-bond donors (Lipinski definition) is 2. The van der Waals surface area contributed by atoms with E-state index in [9.17, 15) is 5.11 Å². The Labute approximate surface area is 71.5 Å². The van der Waals surface area contributed by atoms with Crippen LogP contribution in [0.15, 0.2) is 17.2 Å². The molecule has 1 aromatic rings. The first-order valence-corrected chi connectivity index (χ1v) is 3.68. The first-order valence-electron chi connectivity index (χ1n) is 3.68. The van der Waals surface area contributed by atoms with Crippen molar-refractivity contribution >= 4 is 6.21 Å². The average molecular weight is 164 g/mol. The lowest BCUT2D eigenvalue weighted by molar-refractivity contribution is 0.470. The molecule has 0 fully saturated rings. The molecule has 0 aliphatic rings. The molecule has 0 aliphatic carbocycles. The van der Waals surface area contributed by atoms with Gasteiger partial charge in [0, 0.05) is 5.56 Å². The highest BCUT2D eigenvalue weighted by atomic mass is 16.3. The Balaban J connectivity index is 3.27. The Morgan fingerprint density at radius 2 is 2.08 bits per heavy atom. The standard InChI is InChI=1S/C9H12N2O/c1-6-3-7(2)9(12)8(4-6)5-11-10/h3-5,12H,10H2,1-2H3/b11-5+. The molecular weight excluding hydrogens is 152 g/mol. The van der Waals surface area contributed by atoms with E-state index < -0.39 is 0 Å². The van der Waals surface area contributed by atoms with Gasteiger partial charge in [-0.3, -0.25) is 0 Å². The molecule has 0 radical (unpaired) electrons. The minimum absolute atomic E-state index is 0.245. The van der Waals surface area contributed by atoms with Crippen LogP contribution in [0.3, 0.4) is 0 Å². The van der Waals surface area contributed by atoms with Gasteiger partial charge >= 0.3 is 0 Å². The number of aromatic hydroxyl groups is 1. The third-order valence-corrected chi connectivity index (χ3v) is 1.69. The van der Waals surface area contributed by atoms with E-state index >= 15 is 0 Å². The van der Waals surface area contributed by atoms with Crippen LogP contribution in [0.25, 0.3) is 0 Å². The molecule has 0 saturated heterocycles. The lowest BCUT2D eigenvalue weighted by atomic mass is 10.1. The molecule has 0 atom stereocenters. The molecule has 3 heteroatoms. The van der Waals surface area contributed by atoms with Gasteiger partial charge in [0.25, 0.3) is 0 Å². The van der Waals surface area contributed by atoms with E-state index in [4.69, 9.17) is 5.84 Å². The third kappa shape index (κ3) is 1.56. The number of hydrazone groups is 1. The van der Waals surface area contributed by atoms with Crippen molar-refractivity contribution in [2.24, 2.45) is 10.9 Å². The molecule has 12 heavy (non-hydrogen) atoms. The van der Waals surface area contributed by atoms with Gasteiger partial charge in [-0.15, -0.1) is 0 Å². The number of phenolic OH excluding ortho intramolecular Hbond substituents is 1. The van der Waals surface area contributed by atoms with Crippen molar-refractivity contribution in [3.8, 4) is 5.75 Å². The topological polar surface area (TPSA) is 58.6 Å². The Hall–Kier alpha value is -1.51. The minimum atomic E-state index is 0.245. The highest BCUT2D eigenvalue weighted by molar-refractivity contribution is 5.84. The van der Waals surface area contributed by atoms with Crippen LogP contribution < -0.4 is 5.84 Å². The molecule has 0 unspecified atom stereocenters. The maximum absolute atomic E-state index is 9.51. The van der Waals surface area contributed by atoms with Gasteiger partial charge in [0.05, 0.1) is 6.21 Å². The molecule has 0 bridgehead atoms. The maximum atomic E-state index is 9.51. The van der Waals surface area contributed by atoms with Gasteiger partial charge in [-0.05, 0) is 31.0 Å². The number of hydrogen-bond acceptors (Lipinski definition) is 3. The summed E-state index contributed by atoms with van der Waals surface area (Å²) in [4.78, 5) is 0. The second kappa shape index (κ2) is 3.26. The van der Waals surface area contributed by atoms with E-state index in [2.05, 4.69) is 5.10 Å². The fraction of sp³-hybridized carbons (Fsp3) is 0.222. The summed E-state index contributed by atoms with van der Waals surface area (Å²) in [6, 6.07) is 3.74. The van der Waals surface area contributed by atoms with E-state index in [0.717, 1.165) is 11.1 Å². The minimum Gasteiger partial charge on any atom is -0.507 e. The number of aryl methyl sites for hydroxylation is 2. The molecule has 0 amide bonds. The molecule has 0 aliphatic heterocycles. The predicted octanol–water partition coefficient (Wildman–Crippen LogP) is 1.30. The van der Waals surface area contributed by atoms with Gasteiger partial charge < -0.3 is 10.9 Å². The molecule has 64 valence electrons. The number of rotatable bonds is 1. The Kier molecular flexibility index (Phi) is 2.33. The largest absolute Gasteiger partial charge is 0.507 e. The zero-order valence-corrected chi connectivity index (χ0v) is 7.20. The molecule has 0 aromatic heterocycles. The van der Waals surface area contributed by atoms with Crippen LogP contribution in [0.4, 0.5) is 0 Å². The van der Waals surface area contributed by atoms with Crippen molar-refractivity contribution in [1.29, 1.82) is 0 Å². The lowest BCUT2D eigenvalue weighted by Crippen LogP contribution is -1.90. The number of nitrogens with zero attached hydrogens (tertiary/aromatic N) is 1. The fourth-order valence-corrected chi connectivity index (χ4v) is 1.17. The van der Waals surface area contributed by atoms with Gasteiger partial charge in [0.2, 0.25) is 0 Å². The predicted molar refractivity (Wildman–Crippen MR) is 49.4 cm³/mol. The summed E-state index contributed by atoms with van der Waals surface area (Å²) in [5, 5.41) is 12.9. The SMILES string of the molecule is Cc1cc(C)c(O)c(/C=N/N)c1. The van der Waals surface area contributed by atoms with Gasteiger partial charge in [-0.2, -0.15) is 5.10 Å². The molecule has 1 rings (SSSR count). The molecule has 0 heterocycles. The first-order chi connectivity index (χ1) is 5.65. The molecular formula is C9H12N2O. The van der Waals surface area contributed by atoms with Crippen molar-refractivity contribution in [1.82, 2.24) is 0 Å². The fourth-order valence-electron chi connectivity index (χ4n) is 1.17. The van der Waals surface area contributed by atoms with Crippen LogP contribution in [0.1, 0.15) is 16.7 Å². The van der Waals surface area contributed by atoms with Crippen LogP contribution >= 0.6 is 0 Å². The van der Waals surface area contributed by atoms with Crippen molar-refractivity contribution in [2.75, 3.05) is 0 Å². The summed E-state index contributed by atoms with van der Waals surface area (Å²) < 4.78 is 0. The second-order valence-corrected chi connectivity index (χ2v) is 2.80. The van der Waals surface area contributed by atoms with E-state index in [0.29, 0.717) is 5.56 Å². The van der Waals surface area contributed by atoms with Gasteiger partial charge in [0.15, 0.2) is 0 Å². The Morgan fingerprint density at radius 3 is 2.67 bits per heavy atom. The molecule has 0 saturated carbocycles. The van der Waals surface area contributed by atoms with Crippen molar-refractivity contribution in [2.45, 2.75) is 13.8 Å². The quantitative estimate of drug-likeness (QED) is 0.373. The monoisotopic (exact) mass is 164 g/mol.